The monoisotopic (exact) mass is 406 g/mol. The summed E-state index contributed by atoms with van der Waals surface area (Å²) in [7, 11) is 1.66. The number of benzene rings is 1. The first-order chi connectivity index (χ1) is 13.2. The Hall–Kier alpha value is -1.80. The van der Waals surface area contributed by atoms with Crippen molar-refractivity contribution < 1.29 is 9.53 Å². The SMILES string of the molecule is COc1ccc(CNc2nnc(SC(C)C(=O)N3CCCCCC3)s2)cc1. The maximum Gasteiger partial charge on any atom is 0.235 e. The molecule has 1 unspecified atom stereocenters. The number of amides is 1. The maximum absolute atomic E-state index is 12.7. The Morgan fingerprint density at radius 1 is 1.22 bits per heavy atom. The highest BCUT2D eigenvalue weighted by atomic mass is 32.2. The van der Waals surface area contributed by atoms with E-state index in [0.29, 0.717) is 6.54 Å². The lowest BCUT2D eigenvalue weighted by Gasteiger charge is -2.23. The number of rotatable bonds is 7. The first-order valence-electron chi connectivity index (χ1n) is 9.31. The molecule has 2 heterocycles. The average Bonchev–Trinajstić information content (AvgIpc) is 2.96. The van der Waals surface area contributed by atoms with Crippen LogP contribution in [0.5, 0.6) is 5.75 Å². The van der Waals surface area contributed by atoms with E-state index in [0.717, 1.165) is 46.7 Å². The summed E-state index contributed by atoms with van der Waals surface area (Å²) in [5.41, 5.74) is 1.14. The van der Waals surface area contributed by atoms with Gasteiger partial charge in [-0.05, 0) is 37.5 Å². The molecule has 0 radical (unpaired) electrons. The van der Waals surface area contributed by atoms with Gasteiger partial charge >= 0.3 is 0 Å². The number of ether oxygens (including phenoxy) is 1. The van der Waals surface area contributed by atoms with Gasteiger partial charge in [0.05, 0.1) is 12.4 Å². The Morgan fingerprint density at radius 3 is 2.59 bits per heavy atom. The summed E-state index contributed by atoms with van der Waals surface area (Å²) >= 11 is 2.99. The van der Waals surface area contributed by atoms with E-state index in [4.69, 9.17) is 4.74 Å². The summed E-state index contributed by atoms with van der Waals surface area (Å²) in [5, 5.41) is 12.3. The number of likely N-dealkylation sites (tertiary alicyclic amines) is 1. The molecular weight excluding hydrogens is 380 g/mol. The third kappa shape index (κ3) is 5.84. The highest BCUT2D eigenvalue weighted by molar-refractivity contribution is 8.02. The van der Waals surface area contributed by atoms with E-state index in [1.54, 1.807) is 7.11 Å². The highest BCUT2D eigenvalue weighted by Gasteiger charge is 2.23. The molecule has 1 aromatic heterocycles. The summed E-state index contributed by atoms with van der Waals surface area (Å²) in [6.07, 6.45) is 4.68. The molecule has 1 aliphatic heterocycles. The van der Waals surface area contributed by atoms with Crippen LogP contribution in [-0.2, 0) is 11.3 Å². The lowest BCUT2D eigenvalue weighted by molar-refractivity contribution is -0.130. The molecule has 1 fully saturated rings. The minimum absolute atomic E-state index is 0.134. The number of nitrogens with zero attached hydrogens (tertiary/aromatic N) is 3. The quantitative estimate of drug-likeness (QED) is 0.700. The van der Waals surface area contributed by atoms with Crippen molar-refractivity contribution in [2.45, 2.75) is 48.7 Å². The first-order valence-corrected chi connectivity index (χ1v) is 11.0. The lowest BCUT2D eigenvalue weighted by atomic mass is 10.2. The molecule has 1 aromatic carbocycles. The fourth-order valence-electron chi connectivity index (χ4n) is 3.00. The van der Waals surface area contributed by atoms with Crippen molar-refractivity contribution in [1.82, 2.24) is 15.1 Å². The number of methoxy groups -OCH3 is 1. The smallest absolute Gasteiger partial charge is 0.235 e. The van der Waals surface area contributed by atoms with Crippen molar-refractivity contribution in [3.8, 4) is 5.75 Å². The molecule has 1 N–H and O–H groups in total. The number of nitrogens with one attached hydrogen (secondary N) is 1. The van der Waals surface area contributed by atoms with Gasteiger partial charge in [-0.1, -0.05) is 48.1 Å². The third-order valence-electron chi connectivity index (χ3n) is 4.55. The average molecular weight is 407 g/mol. The van der Waals surface area contributed by atoms with Crippen LogP contribution in [0.4, 0.5) is 5.13 Å². The van der Waals surface area contributed by atoms with Gasteiger partial charge in [-0.2, -0.15) is 0 Å². The second kappa shape index (κ2) is 9.94. The highest BCUT2D eigenvalue weighted by Crippen LogP contribution is 2.30. The number of hydrogen-bond acceptors (Lipinski definition) is 7. The molecule has 1 saturated heterocycles. The summed E-state index contributed by atoms with van der Waals surface area (Å²) < 4.78 is 5.99. The topological polar surface area (TPSA) is 67.3 Å². The Balaban J connectivity index is 1.49. The second-order valence-electron chi connectivity index (χ2n) is 6.57. The summed E-state index contributed by atoms with van der Waals surface area (Å²) in [5.74, 6) is 1.06. The second-order valence-corrected chi connectivity index (χ2v) is 9.14. The van der Waals surface area contributed by atoms with Crippen LogP contribution >= 0.6 is 23.1 Å². The number of thioether (sulfide) groups is 1. The zero-order valence-electron chi connectivity index (χ0n) is 15.8. The Labute approximate surface area is 168 Å². The molecule has 8 heteroatoms. The van der Waals surface area contributed by atoms with Gasteiger partial charge in [-0.15, -0.1) is 10.2 Å². The van der Waals surface area contributed by atoms with Gasteiger partial charge in [0.1, 0.15) is 5.75 Å². The molecule has 1 aliphatic rings. The van der Waals surface area contributed by atoms with Crippen molar-refractivity contribution in [3.63, 3.8) is 0 Å². The van der Waals surface area contributed by atoms with Gasteiger partial charge in [0.25, 0.3) is 0 Å². The predicted octanol–water partition coefficient (Wildman–Crippen LogP) is 4.04. The summed E-state index contributed by atoms with van der Waals surface area (Å²) in [6, 6.07) is 7.91. The van der Waals surface area contributed by atoms with Gasteiger partial charge in [-0.3, -0.25) is 4.79 Å². The standard InChI is InChI=1S/C19H26N4O2S2/c1-14(17(24)23-11-5-3-4-6-12-23)26-19-22-21-18(27-19)20-13-15-7-9-16(25-2)10-8-15/h7-10,14H,3-6,11-13H2,1-2H3,(H,20,21). The molecule has 27 heavy (non-hydrogen) atoms. The minimum atomic E-state index is -0.134. The van der Waals surface area contributed by atoms with Crippen molar-refractivity contribution in [2.24, 2.45) is 0 Å². The van der Waals surface area contributed by atoms with Gasteiger partial charge in [0.15, 0.2) is 4.34 Å². The molecule has 2 aromatic rings. The lowest BCUT2D eigenvalue weighted by Crippen LogP contribution is -2.37. The van der Waals surface area contributed by atoms with Crippen LogP contribution in [0.1, 0.15) is 38.2 Å². The van der Waals surface area contributed by atoms with Crippen LogP contribution in [0.3, 0.4) is 0 Å². The Morgan fingerprint density at radius 2 is 1.93 bits per heavy atom. The largest absolute Gasteiger partial charge is 0.497 e. The first kappa shape index (κ1) is 19.9. The minimum Gasteiger partial charge on any atom is -0.497 e. The number of hydrogen-bond donors (Lipinski definition) is 1. The number of aromatic nitrogens is 2. The van der Waals surface area contributed by atoms with E-state index in [-0.39, 0.29) is 11.2 Å². The molecule has 1 atom stereocenters. The van der Waals surface area contributed by atoms with Crippen molar-refractivity contribution in [2.75, 3.05) is 25.5 Å². The summed E-state index contributed by atoms with van der Waals surface area (Å²) in [4.78, 5) is 14.7. The van der Waals surface area contributed by atoms with E-state index in [1.165, 1.54) is 35.9 Å². The fourth-order valence-corrected chi connectivity index (χ4v) is 4.98. The molecule has 0 saturated carbocycles. The van der Waals surface area contributed by atoms with Crippen LogP contribution in [-0.4, -0.2) is 46.5 Å². The van der Waals surface area contributed by atoms with Gasteiger partial charge in [0.2, 0.25) is 11.0 Å². The molecule has 0 bridgehead atoms. The molecule has 0 spiro atoms. The third-order valence-corrected chi connectivity index (χ3v) is 6.61. The van der Waals surface area contributed by atoms with Crippen molar-refractivity contribution in [3.05, 3.63) is 29.8 Å². The fraction of sp³-hybridized carbons (Fsp3) is 0.526. The molecule has 3 rings (SSSR count). The normalized spacial score (nSPS) is 15.9. The van der Waals surface area contributed by atoms with Gasteiger partial charge in [-0.25, -0.2) is 0 Å². The van der Waals surface area contributed by atoms with Crippen molar-refractivity contribution in [1.29, 1.82) is 0 Å². The molecule has 146 valence electrons. The van der Waals surface area contributed by atoms with E-state index in [1.807, 2.05) is 36.1 Å². The molecular formula is C19H26N4O2S2. The number of carbonyl (C=O) groups is 1. The van der Waals surface area contributed by atoms with Crippen molar-refractivity contribution >= 4 is 34.1 Å². The van der Waals surface area contributed by atoms with Crippen LogP contribution in [0.15, 0.2) is 28.6 Å². The van der Waals surface area contributed by atoms with E-state index in [2.05, 4.69) is 15.5 Å². The zero-order chi connectivity index (χ0) is 19.1. The number of carbonyl (C=O) groups excluding carboxylic acids is 1. The molecule has 1 amide bonds. The zero-order valence-corrected chi connectivity index (χ0v) is 17.4. The Kier molecular flexibility index (Phi) is 7.34. The molecule has 0 aliphatic carbocycles. The number of anilines is 1. The Bertz CT molecular complexity index is 728. The van der Waals surface area contributed by atoms with Crippen LogP contribution < -0.4 is 10.1 Å². The summed E-state index contributed by atoms with van der Waals surface area (Å²) in [6.45, 7) is 4.40. The van der Waals surface area contributed by atoms with Crippen LogP contribution in [0.25, 0.3) is 0 Å². The maximum atomic E-state index is 12.7. The van der Waals surface area contributed by atoms with Gasteiger partial charge in [0, 0.05) is 19.6 Å². The molecule has 6 nitrogen and oxygen atoms in total. The predicted molar refractivity (Wildman–Crippen MR) is 111 cm³/mol. The van der Waals surface area contributed by atoms with Gasteiger partial charge < -0.3 is 15.0 Å². The van der Waals surface area contributed by atoms with E-state index >= 15 is 0 Å². The van der Waals surface area contributed by atoms with E-state index < -0.39 is 0 Å². The van der Waals surface area contributed by atoms with E-state index in [9.17, 15) is 4.79 Å². The van der Waals surface area contributed by atoms with Crippen LogP contribution in [0.2, 0.25) is 0 Å². The van der Waals surface area contributed by atoms with Crippen LogP contribution in [0, 0.1) is 0 Å².